The van der Waals surface area contributed by atoms with Crippen LogP contribution in [0.5, 0.6) is 17.2 Å². The van der Waals surface area contributed by atoms with Crippen LogP contribution in [0.25, 0.3) is 43.6 Å². The van der Waals surface area contributed by atoms with Gasteiger partial charge in [0.15, 0.2) is 0 Å². The van der Waals surface area contributed by atoms with Gasteiger partial charge in [0.2, 0.25) is 0 Å². The molecule has 0 radical (unpaired) electrons. The maximum atomic E-state index is 13.7. The highest BCUT2D eigenvalue weighted by Gasteiger charge is 2.55. The first-order valence-electron chi connectivity index (χ1n) is 47.4. The number of halogens is 2. The second-order valence-electron chi connectivity index (χ2n) is 38.4. The molecule has 8 saturated heterocycles. The molecule has 0 amide bonds. The average molecular weight is 1830 g/mol. The van der Waals surface area contributed by atoms with E-state index in [2.05, 4.69) is 115 Å². The SMILES string of the molecule is CCC1C[C@H]2C[C@H]3c4[nH]c5ccc(O)cc5c4CCN(C2)C13.CCC1C[C@H]2C[C@H]3c4c(c5cc(C)ccc5n4C)CCN(C2)C13.CCC1C[C@H]2C[C@H]3c4c(c5cc(O)ccc5n4C(=O)OC(=O)c4ccccc4)CCN(C2)C13.CCC1C[C@H]2C[C@H]3c4c(c5cc(OC(=O)OC)ccc5n4C(=O)OC(=O)c4ccccc4)CCN(C2)C13.COC(=O)Cl.O=C(Cl)OC(=O)c1ccccc1. The van der Waals surface area contributed by atoms with Gasteiger partial charge in [0.25, 0.3) is 0 Å². The number of phenols is 2. The van der Waals surface area contributed by atoms with Crippen LogP contribution >= 0.6 is 23.2 Å². The van der Waals surface area contributed by atoms with Gasteiger partial charge < -0.3 is 48.2 Å². The fraction of sp³-hybridized carbons (Fsp3) is 0.453. The van der Waals surface area contributed by atoms with Crippen LogP contribution in [0, 0.1) is 54.3 Å². The Balaban J connectivity index is 0.000000113. The van der Waals surface area contributed by atoms with Crippen molar-refractivity contribution < 1.29 is 77.0 Å². The zero-order valence-corrected chi connectivity index (χ0v) is 77.8. The van der Waals surface area contributed by atoms with Crippen molar-refractivity contribution in [3.05, 3.63) is 231 Å². The molecule has 11 aromatic rings. The summed E-state index contributed by atoms with van der Waals surface area (Å²) in [6, 6.07) is 50.7. The Morgan fingerprint density at radius 2 is 0.773 bits per heavy atom. The fourth-order valence-corrected chi connectivity index (χ4v) is 26.4. The number of aromatic hydroxyl groups is 2. The lowest BCUT2D eigenvalue weighted by molar-refractivity contribution is -0.0140. The highest BCUT2D eigenvalue weighted by Crippen LogP contribution is 2.57. The normalized spacial score (nSPS) is 27.4. The van der Waals surface area contributed by atoms with Crippen LogP contribution in [0.4, 0.5) is 24.0 Å². The lowest BCUT2D eigenvalue weighted by Crippen LogP contribution is -2.56. The minimum Gasteiger partial charge on any atom is -0.508 e. The smallest absolute Gasteiger partial charge is 0.508 e. The number of aryl methyl sites for hydroxylation is 2. The zero-order valence-electron chi connectivity index (χ0n) is 76.3. The minimum absolute atomic E-state index is 0.159. The van der Waals surface area contributed by atoms with Gasteiger partial charge in [-0.05, 0) is 257 Å². The van der Waals surface area contributed by atoms with Crippen LogP contribution < -0.4 is 4.74 Å². The van der Waals surface area contributed by atoms with Crippen molar-refractivity contribution in [1.82, 2.24) is 38.3 Å². The number of ether oxygens (including phenoxy) is 6. The van der Waals surface area contributed by atoms with E-state index in [0.29, 0.717) is 80.9 Å². The molecule has 16 heterocycles. The van der Waals surface area contributed by atoms with Crippen molar-refractivity contribution in [3.8, 4) is 17.2 Å². The highest BCUT2D eigenvalue weighted by molar-refractivity contribution is 6.62. The van der Waals surface area contributed by atoms with E-state index in [4.69, 9.17) is 25.8 Å². The zero-order chi connectivity index (χ0) is 92.2. The first kappa shape index (κ1) is 91.4. The molecule has 12 aliphatic heterocycles. The summed E-state index contributed by atoms with van der Waals surface area (Å²) in [4.78, 5) is 110. The van der Waals surface area contributed by atoms with Gasteiger partial charge in [0, 0.05) is 186 Å². The lowest BCUT2D eigenvalue weighted by Gasteiger charge is -2.53. The molecule has 7 aromatic carbocycles. The third-order valence-corrected chi connectivity index (χ3v) is 31.5. The molecule has 4 aromatic heterocycles. The number of piperidine rings is 8. The molecule has 132 heavy (non-hydrogen) atoms. The second-order valence-corrected chi connectivity index (χ2v) is 39.0. The van der Waals surface area contributed by atoms with Gasteiger partial charge in [-0.3, -0.25) is 19.6 Å². The molecular weight excluding hydrogens is 1710 g/mol. The lowest BCUT2D eigenvalue weighted by atomic mass is 9.65. The van der Waals surface area contributed by atoms with Crippen LogP contribution in [0.2, 0.25) is 0 Å². The van der Waals surface area contributed by atoms with E-state index in [0.717, 1.165) is 146 Å². The Morgan fingerprint density at radius 1 is 0.402 bits per heavy atom. The molecule has 692 valence electrons. The molecule has 4 saturated carbocycles. The fourth-order valence-electron chi connectivity index (χ4n) is 26.4. The molecule has 20 atom stereocenters. The molecule has 12 unspecified atom stereocenters. The number of benzene rings is 7. The molecule has 27 rings (SSSR count). The van der Waals surface area contributed by atoms with E-state index < -0.39 is 47.1 Å². The number of carbonyl (C=O) groups excluding carboxylic acids is 8. The molecule has 16 aliphatic rings. The van der Waals surface area contributed by atoms with Crippen molar-refractivity contribution >= 4 is 114 Å². The third kappa shape index (κ3) is 17.8. The van der Waals surface area contributed by atoms with Crippen molar-refractivity contribution in [3.63, 3.8) is 0 Å². The van der Waals surface area contributed by atoms with Crippen LogP contribution in [0.15, 0.2) is 164 Å². The van der Waals surface area contributed by atoms with E-state index in [1.165, 1.54) is 149 Å². The van der Waals surface area contributed by atoms with Gasteiger partial charge in [-0.2, -0.15) is 0 Å². The number of H-pyrrole nitrogens is 1. The molecule has 4 aliphatic carbocycles. The monoisotopic (exact) mass is 1830 g/mol. The summed E-state index contributed by atoms with van der Waals surface area (Å²) in [5.74, 6) is 6.61. The summed E-state index contributed by atoms with van der Waals surface area (Å²) < 4.78 is 34.6. The predicted octanol–water partition coefficient (Wildman–Crippen LogP) is 21.4. The topological polar surface area (TPSA) is 276 Å². The molecule has 12 fully saturated rings. The first-order chi connectivity index (χ1) is 63.9. The molecule has 3 N–H and O–H groups in total. The maximum Gasteiger partial charge on any atom is 0.513 e. The van der Waals surface area contributed by atoms with E-state index in [1.54, 1.807) is 136 Å². The van der Waals surface area contributed by atoms with Crippen LogP contribution in [0.3, 0.4) is 0 Å². The minimum atomic E-state index is -1.12. The van der Waals surface area contributed by atoms with Gasteiger partial charge in [-0.25, -0.2) is 47.5 Å². The van der Waals surface area contributed by atoms with E-state index >= 15 is 0 Å². The molecule has 16 bridgehead atoms. The Bertz CT molecular complexity index is 6210. The van der Waals surface area contributed by atoms with Crippen molar-refractivity contribution in [2.24, 2.45) is 54.4 Å². The number of nitrogens with one attached hydrogen (secondary N) is 1. The number of hydrogen-bond donors (Lipinski definition) is 3. The number of hydrogen-bond acceptors (Lipinski definition) is 20. The van der Waals surface area contributed by atoms with Gasteiger partial charge in [-0.1, -0.05) is 120 Å². The number of methoxy groups -OCH3 is 2. The van der Waals surface area contributed by atoms with Gasteiger partial charge in [-0.15, -0.1) is 0 Å². The van der Waals surface area contributed by atoms with Crippen molar-refractivity contribution in [2.75, 3.05) is 66.6 Å². The van der Waals surface area contributed by atoms with Gasteiger partial charge in [0.1, 0.15) is 17.2 Å². The van der Waals surface area contributed by atoms with Crippen molar-refractivity contribution in [1.29, 1.82) is 0 Å². The molecule has 26 heteroatoms. The Labute approximate surface area is 779 Å². The summed E-state index contributed by atoms with van der Waals surface area (Å²) in [6.07, 6.45) is 16.9. The summed E-state index contributed by atoms with van der Waals surface area (Å²) in [6.45, 7) is 20.7. The largest absolute Gasteiger partial charge is 0.513 e. The molecule has 24 nitrogen and oxygen atoms in total. The first-order valence-corrected chi connectivity index (χ1v) is 48.2. The number of nitrogens with zero attached hydrogens (tertiary/aromatic N) is 7. The Morgan fingerprint density at radius 3 is 1.20 bits per heavy atom. The molecular formula is C106H118Cl2N8O16. The van der Waals surface area contributed by atoms with E-state index in [-0.39, 0.29) is 17.6 Å². The van der Waals surface area contributed by atoms with Crippen LogP contribution in [-0.4, -0.2) is 186 Å². The number of fused-ring (bicyclic) bond motifs is 16. The number of esters is 3. The number of rotatable bonds is 8. The number of aromatic amines is 1. The predicted molar refractivity (Wildman–Crippen MR) is 506 cm³/mol. The van der Waals surface area contributed by atoms with E-state index in [9.17, 15) is 48.6 Å². The van der Waals surface area contributed by atoms with Gasteiger partial charge in [0.05, 0.1) is 41.9 Å². The van der Waals surface area contributed by atoms with Gasteiger partial charge >= 0.3 is 47.1 Å². The third-order valence-electron chi connectivity index (χ3n) is 31.3. The highest BCUT2D eigenvalue weighted by atomic mass is 35.5. The summed E-state index contributed by atoms with van der Waals surface area (Å²) in [7, 11) is 4.79. The summed E-state index contributed by atoms with van der Waals surface area (Å²) >= 11 is 9.44. The number of phenolic OH excluding ortho intramolecular Hbond substituents is 2. The quantitative estimate of drug-likeness (QED) is 0.0419. The number of aromatic nitrogens is 4. The second kappa shape index (κ2) is 38.8. The summed E-state index contributed by atoms with van der Waals surface area (Å²) in [5.41, 5.74) is 14.9. The Hall–Kier alpha value is -11.1. The van der Waals surface area contributed by atoms with Crippen LogP contribution in [-0.2, 0) is 56.4 Å². The molecule has 0 spiro atoms. The summed E-state index contributed by atoms with van der Waals surface area (Å²) in [5, 5.41) is 24.6. The average Bonchev–Trinajstić information content (AvgIpc) is 1.58. The van der Waals surface area contributed by atoms with E-state index in [1.807, 2.05) is 18.2 Å². The standard InChI is InChI=1S/C29H30N2O6.C27H28N2O4.C21H28N2.C19H24N2O.C8H5ClO3.C2H3ClO2/c1-3-18-13-17-14-23-25(18)30(16-17)12-11-21-22-15-20(36-29(34)35-2)9-10-24(22)31(26(21)23)28(33)37-27(32)19-7-5-4-6-8-19;1-2-17-12-16-13-22-24(17)28(15-16)11-10-20-21-14-19(30)8-9-23(21)29(25(20)22)27(32)33-26(31)18-6-4-3-5-7-18;1-4-15-10-14-11-18-20(15)23(12-14)8-7-16-17-9-13(2)5-6-19(17)22(3)21(16)18;1-2-12-7-11-8-16-18-14(5-6-21(10-11)19(12)16)15-9-13(22)3-4-17(15)20-18;9-8(11)12-7(10)6-4-2-1-3-5-6;1-5-2(3)4/h4-10,15,17-18,23,25H,3,11-14,16H2,1-2H3;3-9,14,16-17,22,24,30H,2,10-13,15H2,1H3;5-6,9,14-15,18,20H,4,7-8,10-12H2,1-3H3;3-4,9,11-12,16,19-20,22H,2,5-8,10H2,1H3;1-5H;1H3/t17-,18?,23+,25?;16-,17?,22+,24?;14-,15?,18+,20?;11-,12?,16-,19?;;/m0000../s1. The van der Waals surface area contributed by atoms with Crippen LogP contribution in [0.1, 0.15) is 210 Å². The number of carbonyl (C=O) groups is 8. The maximum absolute atomic E-state index is 13.7. The Kier molecular flexibility index (Phi) is 26.9. The van der Waals surface area contributed by atoms with Crippen molar-refractivity contribution in [2.45, 2.75) is 185 Å².